The SMILES string of the molecule is Cc1cc(N2C=CC(C)(C)C=C2)cc2c1-c1cc3c(cc1C2(C)C)-c1c(C)cc(N2C=CC(C)(C)C=C2)cc1C3(C)C. The lowest BCUT2D eigenvalue weighted by molar-refractivity contribution is 0.614. The average molecular weight is 553 g/mol. The van der Waals surface area contributed by atoms with Crippen molar-refractivity contribution in [3.8, 4) is 22.3 Å². The van der Waals surface area contributed by atoms with Crippen LogP contribution in [0.25, 0.3) is 22.3 Å². The molecule has 2 aliphatic heterocycles. The Morgan fingerprint density at radius 1 is 0.429 bits per heavy atom. The van der Waals surface area contributed by atoms with Crippen molar-refractivity contribution in [2.45, 2.75) is 80.1 Å². The second kappa shape index (κ2) is 8.40. The van der Waals surface area contributed by atoms with Crippen LogP contribution in [0.3, 0.4) is 0 Å². The topological polar surface area (TPSA) is 6.48 Å². The molecular weight excluding hydrogens is 508 g/mol. The van der Waals surface area contributed by atoms with E-state index in [1.54, 1.807) is 0 Å². The van der Waals surface area contributed by atoms with Gasteiger partial charge in [0, 0.05) is 57.8 Å². The van der Waals surface area contributed by atoms with Gasteiger partial charge in [0.15, 0.2) is 0 Å². The zero-order chi connectivity index (χ0) is 30.0. The lowest BCUT2D eigenvalue weighted by atomic mass is 9.79. The van der Waals surface area contributed by atoms with Gasteiger partial charge in [0.2, 0.25) is 0 Å². The van der Waals surface area contributed by atoms with E-state index in [4.69, 9.17) is 0 Å². The fraction of sp³-hybridized carbons (Fsp3) is 0.350. The molecular formula is C40H44N2. The third-order valence-electron chi connectivity index (χ3n) is 10.3. The fourth-order valence-corrected chi connectivity index (χ4v) is 7.52. The molecule has 0 bridgehead atoms. The molecule has 0 saturated carbocycles. The Kier molecular flexibility index (Phi) is 5.42. The maximum atomic E-state index is 2.54. The normalized spacial score (nSPS) is 20.9. The molecule has 2 aliphatic carbocycles. The Bertz CT molecular complexity index is 1640. The summed E-state index contributed by atoms with van der Waals surface area (Å²) >= 11 is 0. The quantitative estimate of drug-likeness (QED) is 0.312. The molecule has 0 amide bonds. The Labute approximate surface area is 252 Å². The van der Waals surface area contributed by atoms with Crippen LogP contribution >= 0.6 is 0 Å². The number of nitrogens with zero attached hydrogens (tertiary/aromatic N) is 2. The Balaban J connectivity index is 1.34. The van der Waals surface area contributed by atoms with E-state index in [9.17, 15) is 0 Å². The Morgan fingerprint density at radius 3 is 1.10 bits per heavy atom. The van der Waals surface area contributed by atoms with Crippen molar-refractivity contribution in [3.63, 3.8) is 0 Å². The van der Waals surface area contributed by atoms with E-state index in [1.165, 1.54) is 67.0 Å². The van der Waals surface area contributed by atoms with Gasteiger partial charge in [0.1, 0.15) is 0 Å². The molecule has 0 atom stereocenters. The minimum absolute atomic E-state index is 0.0834. The summed E-state index contributed by atoms with van der Waals surface area (Å²) in [6, 6.07) is 14.7. The first kappa shape index (κ1) is 27.1. The van der Waals surface area contributed by atoms with Crippen LogP contribution in [0.5, 0.6) is 0 Å². The lowest BCUT2D eigenvalue weighted by Crippen LogP contribution is -2.19. The molecule has 0 aromatic heterocycles. The maximum Gasteiger partial charge on any atom is 0.0455 e. The Morgan fingerprint density at radius 2 is 0.762 bits per heavy atom. The van der Waals surface area contributed by atoms with Crippen molar-refractivity contribution < 1.29 is 0 Å². The first-order valence-corrected chi connectivity index (χ1v) is 15.4. The van der Waals surface area contributed by atoms with Gasteiger partial charge in [-0.1, -0.05) is 79.7 Å². The van der Waals surface area contributed by atoms with Crippen LogP contribution in [0.4, 0.5) is 11.4 Å². The predicted molar refractivity (Wildman–Crippen MR) is 180 cm³/mol. The first-order chi connectivity index (χ1) is 19.6. The van der Waals surface area contributed by atoms with Crippen LogP contribution in [-0.4, -0.2) is 0 Å². The van der Waals surface area contributed by atoms with Gasteiger partial charge in [-0.05, 0) is 106 Å². The zero-order valence-corrected chi connectivity index (χ0v) is 27.0. The summed E-state index contributed by atoms with van der Waals surface area (Å²) in [5, 5.41) is 0. The second-order valence-corrected chi connectivity index (χ2v) is 15.3. The van der Waals surface area contributed by atoms with E-state index in [0.29, 0.717) is 0 Å². The molecule has 0 radical (unpaired) electrons. The summed E-state index contributed by atoms with van der Waals surface area (Å²) in [4.78, 5) is 4.54. The van der Waals surface area contributed by atoms with Gasteiger partial charge in [-0.3, -0.25) is 0 Å². The van der Waals surface area contributed by atoms with Gasteiger partial charge < -0.3 is 9.80 Å². The molecule has 4 aliphatic rings. The summed E-state index contributed by atoms with van der Waals surface area (Å²) in [6.07, 6.45) is 18.0. The van der Waals surface area contributed by atoms with E-state index in [0.717, 1.165) is 0 Å². The molecule has 2 heteroatoms. The zero-order valence-electron chi connectivity index (χ0n) is 27.0. The third kappa shape index (κ3) is 3.84. The van der Waals surface area contributed by atoms with Gasteiger partial charge >= 0.3 is 0 Å². The summed E-state index contributed by atoms with van der Waals surface area (Å²) in [7, 11) is 0. The molecule has 3 aromatic carbocycles. The van der Waals surface area contributed by atoms with Crippen molar-refractivity contribution in [1.29, 1.82) is 0 Å². The van der Waals surface area contributed by atoms with Crippen LogP contribution in [-0.2, 0) is 10.8 Å². The van der Waals surface area contributed by atoms with Gasteiger partial charge in [0.05, 0.1) is 0 Å². The van der Waals surface area contributed by atoms with Crippen LogP contribution in [0, 0.1) is 24.7 Å². The van der Waals surface area contributed by atoms with Gasteiger partial charge in [-0.2, -0.15) is 0 Å². The number of benzene rings is 3. The highest BCUT2D eigenvalue weighted by Gasteiger charge is 2.43. The van der Waals surface area contributed by atoms with Crippen LogP contribution in [0.2, 0.25) is 0 Å². The molecule has 0 saturated heterocycles. The highest BCUT2D eigenvalue weighted by molar-refractivity contribution is 5.93. The largest absolute Gasteiger partial charge is 0.324 e. The van der Waals surface area contributed by atoms with Crippen molar-refractivity contribution >= 4 is 11.4 Å². The van der Waals surface area contributed by atoms with Crippen LogP contribution < -0.4 is 9.80 Å². The van der Waals surface area contributed by atoms with Crippen molar-refractivity contribution in [2.24, 2.45) is 10.8 Å². The fourth-order valence-electron chi connectivity index (χ4n) is 7.52. The van der Waals surface area contributed by atoms with Crippen molar-refractivity contribution in [1.82, 2.24) is 0 Å². The minimum atomic E-state index is -0.0834. The van der Waals surface area contributed by atoms with Gasteiger partial charge in [-0.15, -0.1) is 0 Å². The average Bonchev–Trinajstić information content (AvgIpc) is 3.27. The number of hydrogen-bond acceptors (Lipinski definition) is 2. The summed E-state index contributed by atoms with van der Waals surface area (Å²) < 4.78 is 0. The van der Waals surface area contributed by atoms with Crippen LogP contribution in [0.15, 0.2) is 85.5 Å². The lowest BCUT2D eigenvalue weighted by Gasteiger charge is -2.28. The summed E-state index contributed by atoms with van der Waals surface area (Å²) in [5.74, 6) is 0. The number of rotatable bonds is 2. The van der Waals surface area contributed by atoms with E-state index in [-0.39, 0.29) is 21.7 Å². The molecule has 3 aromatic rings. The number of hydrogen-bond donors (Lipinski definition) is 0. The third-order valence-corrected chi connectivity index (χ3v) is 10.3. The monoisotopic (exact) mass is 552 g/mol. The molecule has 0 N–H and O–H groups in total. The molecule has 0 unspecified atom stereocenters. The molecule has 7 rings (SSSR count). The summed E-state index contributed by atoms with van der Waals surface area (Å²) in [6.45, 7) is 23.2. The van der Waals surface area contributed by atoms with Gasteiger partial charge in [-0.25, -0.2) is 0 Å². The maximum absolute atomic E-state index is 2.54. The minimum Gasteiger partial charge on any atom is -0.324 e. The number of fused-ring (bicyclic) bond motifs is 6. The van der Waals surface area contributed by atoms with Crippen molar-refractivity contribution in [2.75, 3.05) is 9.80 Å². The van der Waals surface area contributed by atoms with Gasteiger partial charge in [0.25, 0.3) is 0 Å². The van der Waals surface area contributed by atoms with E-state index < -0.39 is 0 Å². The highest BCUT2D eigenvalue weighted by Crippen LogP contribution is 2.58. The smallest absolute Gasteiger partial charge is 0.0455 e. The second-order valence-electron chi connectivity index (χ2n) is 15.3. The highest BCUT2D eigenvalue weighted by atomic mass is 15.1. The predicted octanol–water partition coefficient (Wildman–Crippen LogP) is 10.7. The van der Waals surface area contributed by atoms with E-state index in [1.807, 2.05) is 0 Å². The summed E-state index contributed by atoms with van der Waals surface area (Å²) in [5.41, 5.74) is 16.6. The first-order valence-electron chi connectivity index (χ1n) is 15.4. The molecule has 214 valence electrons. The molecule has 2 heterocycles. The van der Waals surface area contributed by atoms with Crippen molar-refractivity contribution in [3.05, 3.63) is 119 Å². The van der Waals surface area contributed by atoms with Crippen LogP contribution in [0.1, 0.15) is 88.8 Å². The standard InChI is InChI=1S/C40H44N2/c1-25-19-27(41-15-11-37(3,4)12-16-41)21-33-35(25)29-23-32-30(24-31(29)39(33,7)8)36-26(2)20-28(22-34(36)40(32,9)10)42-17-13-38(5,6)14-18-42/h11-24H,1-10H3. The van der Waals surface area contributed by atoms with E-state index in [2.05, 4.69) is 165 Å². The molecule has 0 spiro atoms. The molecule has 0 fully saturated rings. The number of aryl methyl sites for hydroxylation is 2. The Hall–Kier alpha value is -3.78. The number of anilines is 2. The molecule has 2 nitrogen and oxygen atoms in total. The molecule has 42 heavy (non-hydrogen) atoms. The van der Waals surface area contributed by atoms with E-state index >= 15 is 0 Å². The number of allylic oxidation sites excluding steroid dienone is 4.